The van der Waals surface area contributed by atoms with Crippen molar-refractivity contribution in [1.29, 1.82) is 0 Å². The third kappa shape index (κ3) is 3.67. The van der Waals surface area contributed by atoms with Gasteiger partial charge in [-0.2, -0.15) is 0 Å². The third-order valence-corrected chi connectivity index (χ3v) is 4.70. The van der Waals surface area contributed by atoms with Gasteiger partial charge in [0, 0.05) is 16.6 Å². The molecule has 0 radical (unpaired) electrons. The Balaban J connectivity index is 1.75. The van der Waals surface area contributed by atoms with Crippen LogP contribution >= 0.6 is 23.2 Å². The Labute approximate surface area is 162 Å². The second-order valence-electron chi connectivity index (χ2n) is 6.06. The number of rotatable bonds is 4. The first kappa shape index (κ1) is 16.9. The molecule has 0 saturated heterocycles. The fourth-order valence-corrected chi connectivity index (χ4v) is 3.29. The second-order valence-corrected chi connectivity index (χ2v) is 6.93. The molecule has 4 aromatic rings. The van der Waals surface area contributed by atoms with E-state index in [1.165, 1.54) is 0 Å². The highest BCUT2D eigenvalue weighted by atomic mass is 35.5. The zero-order chi connectivity index (χ0) is 17.9. The van der Waals surface area contributed by atoms with Gasteiger partial charge in [-0.3, -0.25) is 0 Å². The number of hydrogen-bond acceptors (Lipinski definition) is 1. The molecule has 0 aliphatic heterocycles. The zero-order valence-corrected chi connectivity index (χ0v) is 15.5. The number of hydrogen-bond donors (Lipinski definition) is 0. The first-order chi connectivity index (χ1) is 12.7. The topological polar surface area (TPSA) is 17.8 Å². The molecular formula is C22H16Cl2N2. The van der Waals surface area contributed by atoms with Gasteiger partial charge in [-0.25, -0.2) is 4.98 Å². The van der Waals surface area contributed by atoms with E-state index in [9.17, 15) is 0 Å². The van der Waals surface area contributed by atoms with Crippen molar-refractivity contribution in [2.75, 3.05) is 0 Å². The molecule has 0 bridgehead atoms. The van der Waals surface area contributed by atoms with Crippen molar-refractivity contribution in [2.24, 2.45) is 0 Å². The van der Waals surface area contributed by atoms with E-state index in [0.29, 0.717) is 6.54 Å². The molecule has 0 fully saturated rings. The van der Waals surface area contributed by atoms with Crippen LogP contribution in [-0.4, -0.2) is 9.55 Å². The van der Waals surface area contributed by atoms with Gasteiger partial charge in [0.2, 0.25) is 0 Å². The molecule has 4 rings (SSSR count). The number of fused-ring (bicyclic) bond motifs is 1. The largest absolute Gasteiger partial charge is 0.320 e. The Hall–Kier alpha value is -2.55. The zero-order valence-electron chi connectivity index (χ0n) is 13.9. The lowest BCUT2D eigenvalue weighted by molar-refractivity contribution is 0.814. The van der Waals surface area contributed by atoms with Gasteiger partial charge in [0.15, 0.2) is 0 Å². The summed E-state index contributed by atoms with van der Waals surface area (Å²) in [7, 11) is 0. The minimum Gasteiger partial charge on any atom is -0.320 e. The fourth-order valence-electron chi connectivity index (χ4n) is 2.95. The van der Waals surface area contributed by atoms with Crippen molar-refractivity contribution in [3.05, 3.63) is 99.8 Å². The molecule has 3 aromatic carbocycles. The van der Waals surface area contributed by atoms with Crippen molar-refractivity contribution in [1.82, 2.24) is 9.55 Å². The molecule has 0 N–H and O–H groups in total. The van der Waals surface area contributed by atoms with Crippen LogP contribution in [0.2, 0.25) is 10.0 Å². The van der Waals surface area contributed by atoms with E-state index >= 15 is 0 Å². The van der Waals surface area contributed by atoms with Gasteiger partial charge in [0.1, 0.15) is 5.82 Å². The first-order valence-corrected chi connectivity index (χ1v) is 9.08. The van der Waals surface area contributed by atoms with Gasteiger partial charge >= 0.3 is 0 Å². The molecule has 26 heavy (non-hydrogen) atoms. The molecule has 0 unspecified atom stereocenters. The molecule has 1 aromatic heterocycles. The summed E-state index contributed by atoms with van der Waals surface area (Å²) in [6.07, 6.45) is 4.08. The van der Waals surface area contributed by atoms with Crippen LogP contribution in [0.25, 0.3) is 23.2 Å². The van der Waals surface area contributed by atoms with Crippen molar-refractivity contribution in [3.63, 3.8) is 0 Å². The predicted octanol–water partition coefficient (Wildman–Crippen LogP) is 6.56. The summed E-state index contributed by atoms with van der Waals surface area (Å²) in [5.41, 5.74) is 4.30. The molecule has 0 amide bonds. The Morgan fingerprint density at radius 1 is 0.808 bits per heavy atom. The SMILES string of the molecule is Clc1ccc(/C=C/c2nc3ccccc3n2Cc2cccc(Cl)c2)cc1. The second kappa shape index (κ2) is 7.36. The number of halogens is 2. The molecule has 4 heteroatoms. The highest BCUT2D eigenvalue weighted by Gasteiger charge is 2.09. The first-order valence-electron chi connectivity index (χ1n) is 8.32. The predicted molar refractivity (Wildman–Crippen MR) is 111 cm³/mol. The quantitative estimate of drug-likeness (QED) is 0.393. The molecule has 0 aliphatic carbocycles. The highest BCUT2D eigenvalue weighted by Crippen LogP contribution is 2.21. The van der Waals surface area contributed by atoms with Crippen LogP contribution in [0.5, 0.6) is 0 Å². The third-order valence-electron chi connectivity index (χ3n) is 4.21. The lowest BCUT2D eigenvalue weighted by atomic mass is 10.2. The lowest BCUT2D eigenvalue weighted by Gasteiger charge is -2.08. The summed E-state index contributed by atoms with van der Waals surface area (Å²) in [6.45, 7) is 0.710. The van der Waals surface area contributed by atoms with Crippen LogP contribution in [0.4, 0.5) is 0 Å². The van der Waals surface area contributed by atoms with Gasteiger partial charge in [0.25, 0.3) is 0 Å². The maximum Gasteiger partial charge on any atom is 0.134 e. The summed E-state index contributed by atoms with van der Waals surface area (Å²) < 4.78 is 2.20. The number of nitrogens with zero attached hydrogens (tertiary/aromatic N) is 2. The van der Waals surface area contributed by atoms with E-state index in [1.807, 2.05) is 72.8 Å². The van der Waals surface area contributed by atoms with E-state index < -0.39 is 0 Å². The van der Waals surface area contributed by atoms with Crippen LogP contribution in [0.15, 0.2) is 72.8 Å². The number of para-hydroxylation sites is 2. The van der Waals surface area contributed by atoms with Crippen LogP contribution in [0.1, 0.15) is 17.0 Å². The Morgan fingerprint density at radius 3 is 2.42 bits per heavy atom. The average molecular weight is 379 g/mol. The molecule has 0 saturated carbocycles. The maximum absolute atomic E-state index is 6.15. The van der Waals surface area contributed by atoms with Gasteiger partial charge in [-0.05, 0) is 53.6 Å². The van der Waals surface area contributed by atoms with Gasteiger partial charge in [-0.15, -0.1) is 0 Å². The highest BCUT2D eigenvalue weighted by molar-refractivity contribution is 6.30. The van der Waals surface area contributed by atoms with Crippen LogP contribution in [0, 0.1) is 0 Å². The molecule has 1 heterocycles. The summed E-state index contributed by atoms with van der Waals surface area (Å²) in [5.74, 6) is 0.904. The lowest BCUT2D eigenvalue weighted by Crippen LogP contribution is -2.02. The molecule has 0 spiro atoms. The Bertz CT molecular complexity index is 1080. The van der Waals surface area contributed by atoms with E-state index in [-0.39, 0.29) is 0 Å². The Kier molecular flexibility index (Phi) is 4.79. The smallest absolute Gasteiger partial charge is 0.134 e. The minimum absolute atomic E-state index is 0.710. The number of imidazole rings is 1. The van der Waals surface area contributed by atoms with Crippen molar-refractivity contribution < 1.29 is 0 Å². The van der Waals surface area contributed by atoms with Crippen LogP contribution in [-0.2, 0) is 6.54 Å². The Morgan fingerprint density at radius 2 is 1.62 bits per heavy atom. The summed E-state index contributed by atoms with van der Waals surface area (Å²) in [5, 5.41) is 1.47. The standard InChI is InChI=1S/C22H16Cl2N2/c23-18-11-8-16(9-12-18)10-13-22-25-20-6-1-2-7-21(20)26(22)15-17-4-3-5-19(24)14-17/h1-14H,15H2/b13-10+. The van der Waals surface area contributed by atoms with E-state index in [2.05, 4.69) is 16.7 Å². The minimum atomic E-state index is 0.710. The van der Waals surface area contributed by atoms with Crippen molar-refractivity contribution in [2.45, 2.75) is 6.54 Å². The van der Waals surface area contributed by atoms with Crippen molar-refractivity contribution >= 4 is 46.4 Å². The van der Waals surface area contributed by atoms with Crippen LogP contribution in [0.3, 0.4) is 0 Å². The summed E-state index contributed by atoms with van der Waals surface area (Å²) in [4.78, 5) is 4.78. The van der Waals surface area contributed by atoms with E-state index in [4.69, 9.17) is 28.2 Å². The normalized spacial score (nSPS) is 11.5. The number of benzene rings is 3. The molecule has 128 valence electrons. The molecule has 0 atom stereocenters. The maximum atomic E-state index is 6.15. The van der Waals surface area contributed by atoms with Gasteiger partial charge in [-0.1, -0.05) is 65.7 Å². The molecular weight excluding hydrogens is 363 g/mol. The van der Waals surface area contributed by atoms with E-state index in [0.717, 1.165) is 38.0 Å². The molecule has 0 aliphatic rings. The molecule has 2 nitrogen and oxygen atoms in total. The van der Waals surface area contributed by atoms with Crippen LogP contribution < -0.4 is 0 Å². The van der Waals surface area contributed by atoms with Crippen molar-refractivity contribution in [3.8, 4) is 0 Å². The van der Waals surface area contributed by atoms with Gasteiger partial charge in [0.05, 0.1) is 11.0 Å². The number of aromatic nitrogens is 2. The average Bonchev–Trinajstić information content (AvgIpc) is 2.99. The summed E-state index contributed by atoms with van der Waals surface area (Å²) >= 11 is 12.1. The monoisotopic (exact) mass is 378 g/mol. The fraction of sp³-hybridized carbons (Fsp3) is 0.0455. The van der Waals surface area contributed by atoms with Gasteiger partial charge < -0.3 is 4.57 Å². The van der Waals surface area contributed by atoms with E-state index in [1.54, 1.807) is 0 Å². The summed E-state index contributed by atoms with van der Waals surface area (Å²) in [6, 6.07) is 23.8.